The van der Waals surface area contributed by atoms with Gasteiger partial charge in [0.25, 0.3) is 5.91 Å². The Bertz CT molecular complexity index is 2980. The highest BCUT2D eigenvalue weighted by Gasteiger charge is 2.26. The van der Waals surface area contributed by atoms with Gasteiger partial charge in [-0.2, -0.15) is 0 Å². The number of nitrogens with zero attached hydrogens (tertiary/aromatic N) is 10. The zero-order valence-corrected chi connectivity index (χ0v) is 44.8. The average Bonchev–Trinajstić information content (AvgIpc) is 3.91. The van der Waals surface area contributed by atoms with Crippen LogP contribution in [-0.4, -0.2) is 113 Å². The molecule has 2 aromatic heterocycles. The molecule has 0 aliphatic carbocycles. The number of methoxy groups -OCH3 is 2. The van der Waals surface area contributed by atoms with Crippen molar-refractivity contribution in [2.45, 2.75) is 66.0 Å². The van der Waals surface area contributed by atoms with Crippen LogP contribution in [0, 0.1) is 0 Å². The summed E-state index contributed by atoms with van der Waals surface area (Å²) >= 11 is 2.44. The summed E-state index contributed by atoms with van der Waals surface area (Å²) in [7, 11) is 6.41. The number of aliphatic hydroxyl groups is 4. The van der Waals surface area contributed by atoms with Gasteiger partial charge in [-0.25, -0.2) is 0 Å². The number of carbonyl (C=O) groups is 3. The van der Waals surface area contributed by atoms with Crippen molar-refractivity contribution >= 4 is 112 Å². The lowest BCUT2D eigenvalue weighted by atomic mass is 10.1. The van der Waals surface area contributed by atoms with E-state index < -0.39 is 24.4 Å². The molecular weight excluding hydrogens is 1010 g/mol. The number of hydrogen-bond donors (Lipinski definition) is 9. The molecule has 0 aliphatic heterocycles. The summed E-state index contributed by atoms with van der Waals surface area (Å²) in [5, 5.41) is 83.8. The van der Waals surface area contributed by atoms with Gasteiger partial charge in [-0.1, -0.05) is 10.2 Å². The number of benzene rings is 4. The van der Waals surface area contributed by atoms with E-state index in [0.29, 0.717) is 88.8 Å². The van der Waals surface area contributed by atoms with Crippen LogP contribution in [0.15, 0.2) is 93.3 Å². The number of aliphatic hydroxyl groups excluding tert-OH is 4. The summed E-state index contributed by atoms with van der Waals surface area (Å²) < 4.78 is 14.5. The van der Waals surface area contributed by atoms with Gasteiger partial charge in [0.15, 0.2) is 0 Å². The van der Waals surface area contributed by atoms with Crippen molar-refractivity contribution in [3.63, 3.8) is 0 Å². The van der Waals surface area contributed by atoms with Crippen LogP contribution in [-0.2, 0) is 23.7 Å². The molecule has 4 atom stereocenters. The van der Waals surface area contributed by atoms with Crippen LogP contribution in [0.2, 0.25) is 0 Å². The van der Waals surface area contributed by atoms with Crippen molar-refractivity contribution in [3.8, 4) is 11.5 Å². The lowest BCUT2D eigenvalue weighted by Gasteiger charge is -2.23. The Morgan fingerprint density at radius 1 is 0.560 bits per heavy atom. The van der Waals surface area contributed by atoms with Crippen molar-refractivity contribution in [2.75, 3.05) is 76.8 Å². The normalized spacial score (nSPS) is 13.0. The maximum absolute atomic E-state index is 13.4. The Hall–Kier alpha value is -7.75. The third-order valence-corrected chi connectivity index (χ3v) is 12.6. The van der Waals surface area contributed by atoms with E-state index in [2.05, 4.69) is 57.2 Å². The summed E-state index contributed by atoms with van der Waals surface area (Å²) in [5.74, 6) is -0.230. The van der Waals surface area contributed by atoms with Crippen LogP contribution in [0.1, 0.15) is 51.9 Å². The molecule has 3 amide bonds. The summed E-state index contributed by atoms with van der Waals surface area (Å²) in [4.78, 5) is 41.6. The van der Waals surface area contributed by atoms with Gasteiger partial charge < -0.3 is 66.3 Å². The van der Waals surface area contributed by atoms with Crippen LogP contribution in [0.3, 0.4) is 0 Å². The molecule has 75 heavy (non-hydrogen) atoms. The van der Waals surface area contributed by atoms with Crippen LogP contribution in [0.5, 0.6) is 11.5 Å². The van der Waals surface area contributed by atoms with Gasteiger partial charge >= 0.3 is 10.3 Å². The van der Waals surface area contributed by atoms with Gasteiger partial charge in [-0.3, -0.25) is 14.4 Å². The van der Waals surface area contributed by atoms with E-state index in [-0.39, 0.29) is 43.9 Å². The minimum absolute atomic E-state index is 0.258. The second-order valence-corrected chi connectivity index (χ2v) is 19.4. The second kappa shape index (κ2) is 26.0. The van der Waals surface area contributed by atoms with Gasteiger partial charge in [0.2, 0.25) is 22.1 Å². The van der Waals surface area contributed by atoms with E-state index in [0.717, 1.165) is 0 Å². The average molecular weight is 1070 g/mol. The van der Waals surface area contributed by atoms with Gasteiger partial charge in [0.05, 0.1) is 71.6 Å². The molecule has 6 rings (SSSR count). The molecule has 0 fully saturated rings. The highest BCUT2D eigenvalue weighted by Crippen LogP contribution is 2.41. The number of rotatable bonds is 24. The maximum Gasteiger partial charge on any atom is 0.431 e. The SMILES string of the molecule is COc1cc(N=Nc2sc(N(CC(C)O)CC(C)O)n[n+]2C)c(NC(C)=O)cc1Nc1ccc(NC(=O)c2ccc(Nc3cc(NC(C)=O)c(N=Nc4sc(N(CC(C)O)CC(C)O)n[n+]4C)cc3OC)cc2)cc1. The lowest BCUT2D eigenvalue weighted by Crippen LogP contribution is -2.38. The number of aryl methyl sites for hydroxylation is 2. The predicted molar refractivity (Wildman–Crippen MR) is 288 cm³/mol. The molecule has 2 heterocycles. The summed E-state index contributed by atoms with van der Waals surface area (Å²) in [6, 6.07) is 20.4. The third kappa shape index (κ3) is 16.1. The fourth-order valence-corrected chi connectivity index (χ4v) is 9.03. The molecule has 398 valence electrons. The minimum atomic E-state index is -0.659. The zero-order chi connectivity index (χ0) is 54.5. The van der Waals surface area contributed by atoms with E-state index >= 15 is 0 Å². The van der Waals surface area contributed by atoms with E-state index in [4.69, 9.17) is 9.47 Å². The Kier molecular flexibility index (Phi) is 19.6. The zero-order valence-electron chi connectivity index (χ0n) is 43.2. The molecular formula is C49H63N15O9S2+2. The number of nitrogens with one attached hydrogen (secondary N) is 5. The van der Waals surface area contributed by atoms with Gasteiger partial charge in [-0.05, 0) is 121 Å². The molecule has 4 aromatic carbocycles. The van der Waals surface area contributed by atoms with Crippen LogP contribution in [0.4, 0.5) is 71.7 Å². The van der Waals surface area contributed by atoms with Crippen molar-refractivity contribution in [1.82, 2.24) is 10.2 Å². The van der Waals surface area contributed by atoms with Crippen LogP contribution >= 0.6 is 22.7 Å². The van der Waals surface area contributed by atoms with Crippen LogP contribution in [0.25, 0.3) is 0 Å². The topological polar surface area (TPSA) is 300 Å². The quantitative estimate of drug-likeness (QED) is 0.0220. The van der Waals surface area contributed by atoms with E-state index in [1.165, 1.54) is 60.1 Å². The standard InChI is InChI=1S/C49H61N15O9S2/c1-27(65)23-63(24-28(2)66)48-59-61(7)46(74-48)57-55-39-21-43(72-9)41(19-37(39)50-31(5)69)52-34-13-11-33(12-14-34)45(71)54-36-17-15-35(16-18-36)53-42-20-38(51-32(6)70)40(22-44(42)73-10)56-58-47-62(8)60-49(75-47)64(25-29(3)67)26-30(4)68/h11-22,27-30,65-68H,23-26H2,1-10H3,(H3,50,51,52,53,54,55,56,69,70,71)/p+2. The molecule has 4 unspecified atom stereocenters. The van der Waals surface area contributed by atoms with Gasteiger partial charge in [0, 0.05) is 74.8 Å². The minimum Gasteiger partial charge on any atom is -0.494 e. The molecule has 26 heteroatoms. The smallest absolute Gasteiger partial charge is 0.431 e. The number of amides is 3. The summed E-state index contributed by atoms with van der Waals surface area (Å²) in [5.41, 5.74) is 4.50. The number of ether oxygens (including phenoxy) is 2. The first-order valence-electron chi connectivity index (χ1n) is 23.5. The Labute approximate surface area is 441 Å². The molecule has 0 spiro atoms. The number of aromatic nitrogens is 4. The first-order valence-corrected chi connectivity index (χ1v) is 25.2. The molecule has 24 nitrogen and oxygen atoms in total. The predicted octanol–water partition coefficient (Wildman–Crippen LogP) is 6.89. The van der Waals surface area contributed by atoms with E-state index in [1.54, 1.807) is 124 Å². The molecule has 0 bridgehead atoms. The summed E-state index contributed by atoms with van der Waals surface area (Å²) in [6.45, 7) is 10.4. The first kappa shape index (κ1) is 56.5. The second-order valence-electron chi connectivity index (χ2n) is 17.5. The highest BCUT2D eigenvalue weighted by atomic mass is 32.1. The van der Waals surface area contributed by atoms with E-state index in [1.807, 2.05) is 0 Å². The molecule has 0 saturated heterocycles. The Morgan fingerprint density at radius 2 is 0.920 bits per heavy atom. The number of carbonyl (C=O) groups excluding carboxylic acids is 3. The van der Waals surface area contributed by atoms with Crippen molar-refractivity contribution in [2.24, 2.45) is 34.6 Å². The maximum atomic E-state index is 13.4. The Morgan fingerprint density at radius 3 is 1.27 bits per heavy atom. The summed E-state index contributed by atoms with van der Waals surface area (Å²) in [6.07, 6.45) is -2.64. The molecule has 0 saturated carbocycles. The molecule has 9 N–H and O–H groups in total. The third-order valence-electron chi connectivity index (χ3n) is 10.5. The van der Waals surface area contributed by atoms with Crippen LogP contribution < -0.4 is 55.2 Å². The fourth-order valence-electron chi connectivity index (χ4n) is 7.31. The number of hydrogen-bond acceptors (Lipinski definition) is 21. The fraction of sp³-hybridized carbons (Fsp3) is 0.367. The van der Waals surface area contributed by atoms with Crippen molar-refractivity contribution < 1.29 is 53.6 Å². The molecule has 0 aliphatic rings. The highest BCUT2D eigenvalue weighted by molar-refractivity contribution is 7.18. The largest absolute Gasteiger partial charge is 0.494 e. The van der Waals surface area contributed by atoms with E-state index in [9.17, 15) is 34.8 Å². The first-order chi connectivity index (χ1) is 35.7. The van der Waals surface area contributed by atoms with Crippen molar-refractivity contribution in [1.29, 1.82) is 0 Å². The van der Waals surface area contributed by atoms with Gasteiger partial charge in [0.1, 0.15) is 37.0 Å². The molecule has 0 radical (unpaired) electrons. The monoisotopic (exact) mass is 1070 g/mol. The number of anilines is 9. The van der Waals surface area contributed by atoms with Crippen molar-refractivity contribution in [3.05, 3.63) is 78.4 Å². The van der Waals surface area contributed by atoms with Gasteiger partial charge in [-0.15, -0.1) is 9.36 Å². The number of azo groups is 2. The molecule has 6 aromatic rings. The lowest BCUT2D eigenvalue weighted by molar-refractivity contribution is -0.712. The Balaban J connectivity index is 1.13.